The lowest BCUT2D eigenvalue weighted by molar-refractivity contribution is -0.137. The van der Waals surface area contributed by atoms with Crippen LogP contribution in [0.2, 0.25) is 0 Å². The fourth-order valence-corrected chi connectivity index (χ4v) is 2.49. The van der Waals surface area contributed by atoms with Crippen molar-refractivity contribution < 1.29 is 14.7 Å². The van der Waals surface area contributed by atoms with Crippen molar-refractivity contribution in [1.82, 2.24) is 9.80 Å². The van der Waals surface area contributed by atoms with Gasteiger partial charge in [0.1, 0.15) is 0 Å². The number of benzene rings is 1. The predicted octanol–water partition coefficient (Wildman–Crippen LogP) is 1.54. The third kappa shape index (κ3) is 4.04. The fourth-order valence-electron chi connectivity index (χ4n) is 2.49. The van der Waals surface area contributed by atoms with Gasteiger partial charge in [-0.2, -0.15) is 0 Å². The number of aliphatic carboxylic acids is 1. The maximum atomic E-state index is 12.4. The standard InChI is InChI=1S/C16H22N2O3/c1-12-3-4-14(11-13(12)2)16(21)18-9-7-17(8-10-18)6-5-15(19)20/h3-4,11H,5-10H2,1-2H3,(H,19,20). The fraction of sp³-hybridized carbons (Fsp3) is 0.500. The molecule has 2 rings (SSSR count). The van der Waals surface area contributed by atoms with Crippen molar-refractivity contribution in [2.75, 3.05) is 32.7 Å². The van der Waals surface area contributed by atoms with Crippen LogP contribution in [0, 0.1) is 13.8 Å². The van der Waals surface area contributed by atoms with Crippen molar-refractivity contribution >= 4 is 11.9 Å². The van der Waals surface area contributed by atoms with Crippen molar-refractivity contribution in [3.63, 3.8) is 0 Å². The molecule has 0 unspecified atom stereocenters. The molecule has 0 atom stereocenters. The number of piperazine rings is 1. The Labute approximate surface area is 125 Å². The molecular weight excluding hydrogens is 268 g/mol. The highest BCUT2D eigenvalue weighted by Gasteiger charge is 2.22. The van der Waals surface area contributed by atoms with Crippen LogP contribution in [0.4, 0.5) is 0 Å². The van der Waals surface area contributed by atoms with E-state index < -0.39 is 5.97 Å². The first-order valence-electron chi connectivity index (χ1n) is 7.28. The number of carboxylic acid groups (broad SMARTS) is 1. The lowest BCUT2D eigenvalue weighted by Crippen LogP contribution is -2.49. The Balaban J connectivity index is 1.90. The molecule has 1 fully saturated rings. The van der Waals surface area contributed by atoms with Gasteiger partial charge in [-0.15, -0.1) is 0 Å². The van der Waals surface area contributed by atoms with Gasteiger partial charge in [-0.05, 0) is 37.1 Å². The minimum Gasteiger partial charge on any atom is -0.481 e. The van der Waals surface area contributed by atoms with Gasteiger partial charge in [0.15, 0.2) is 0 Å². The van der Waals surface area contributed by atoms with Crippen LogP contribution in [0.5, 0.6) is 0 Å². The minimum absolute atomic E-state index is 0.0657. The summed E-state index contributed by atoms with van der Waals surface area (Å²) >= 11 is 0. The first-order valence-corrected chi connectivity index (χ1v) is 7.28. The van der Waals surface area contributed by atoms with Gasteiger partial charge in [-0.1, -0.05) is 6.07 Å². The third-order valence-electron chi connectivity index (χ3n) is 4.06. The largest absolute Gasteiger partial charge is 0.481 e. The molecule has 5 nitrogen and oxygen atoms in total. The van der Waals surface area contributed by atoms with Crippen LogP contribution in [0.15, 0.2) is 18.2 Å². The molecule has 1 aliphatic heterocycles. The summed E-state index contributed by atoms with van der Waals surface area (Å²) in [4.78, 5) is 27.0. The molecule has 114 valence electrons. The van der Waals surface area contributed by atoms with Crippen molar-refractivity contribution in [2.24, 2.45) is 0 Å². The number of hydrogen-bond acceptors (Lipinski definition) is 3. The highest BCUT2D eigenvalue weighted by molar-refractivity contribution is 5.94. The van der Waals surface area contributed by atoms with E-state index in [1.165, 1.54) is 5.56 Å². The molecule has 1 saturated heterocycles. The molecule has 1 heterocycles. The summed E-state index contributed by atoms with van der Waals surface area (Å²) in [6.07, 6.45) is 0.158. The molecular formula is C16H22N2O3. The Morgan fingerprint density at radius 2 is 1.76 bits per heavy atom. The van der Waals surface area contributed by atoms with Gasteiger partial charge >= 0.3 is 5.97 Å². The highest BCUT2D eigenvalue weighted by atomic mass is 16.4. The van der Waals surface area contributed by atoms with Crippen molar-refractivity contribution in [3.05, 3.63) is 34.9 Å². The molecule has 0 spiro atoms. The smallest absolute Gasteiger partial charge is 0.304 e. The Morgan fingerprint density at radius 3 is 2.33 bits per heavy atom. The van der Waals surface area contributed by atoms with E-state index in [1.54, 1.807) is 0 Å². The second-order valence-corrected chi connectivity index (χ2v) is 5.58. The topological polar surface area (TPSA) is 60.9 Å². The molecule has 1 aromatic carbocycles. The Bertz CT molecular complexity index is 534. The number of carboxylic acids is 1. The van der Waals surface area contributed by atoms with Gasteiger partial charge < -0.3 is 10.0 Å². The quantitative estimate of drug-likeness (QED) is 0.913. The molecule has 0 bridgehead atoms. The van der Waals surface area contributed by atoms with E-state index >= 15 is 0 Å². The number of hydrogen-bond donors (Lipinski definition) is 1. The number of rotatable bonds is 4. The first kappa shape index (κ1) is 15.5. The van der Waals surface area contributed by atoms with E-state index in [1.807, 2.05) is 36.9 Å². The van der Waals surface area contributed by atoms with Gasteiger partial charge in [0, 0.05) is 38.3 Å². The van der Waals surface area contributed by atoms with E-state index in [2.05, 4.69) is 4.90 Å². The molecule has 1 amide bonds. The second-order valence-electron chi connectivity index (χ2n) is 5.58. The Kier molecular flexibility index (Phi) is 4.96. The maximum absolute atomic E-state index is 12.4. The van der Waals surface area contributed by atoms with E-state index in [0.717, 1.165) is 24.2 Å². The Morgan fingerprint density at radius 1 is 1.10 bits per heavy atom. The zero-order valence-electron chi connectivity index (χ0n) is 12.6. The SMILES string of the molecule is Cc1ccc(C(=O)N2CCN(CCC(=O)O)CC2)cc1C. The normalized spacial score (nSPS) is 16.0. The summed E-state index contributed by atoms with van der Waals surface area (Å²) in [5.41, 5.74) is 3.04. The predicted molar refractivity (Wildman–Crippen MR) is 80.5 cm³/mol. The van der Waals surface area contributed by atoms with Crippen LogP contribution in [-0.2, 0) is 4.79 Å². The zero-order valence-corrected chi connectivity index (χ0v) is 12.6. The van der Waals surface area contributed by atoms with Gasteiger partial charge in [0.25, 0.3) is 5.91 Å². The van der Waals surface area contributed by atoms with Crippen molar-refractivity contribution in [3.8, 4) is 0 Å². The number of aryl methyl sites for hydroxylation is 2. The van der Waals surface area contributed by atoms with Crippen LogP contribution in [0.25, 0.3) is 0 Å². The van der Waals surface area contributed by atoms with E-state index in [4.69, 9.17) is 5.11 Å². The highest BCUT2D eigenvalue weighted by Crippen LogP contribution is 2.13. The van der Waals surface area contributed by atoms with Crippen LogP contribution in [0.1, 0.15) is 27.9 Å². The molecule has 1 aromatic rings. The lowest BCUT2D eigenvalue weighted by Gasteiger charge is -2.34. The summed E-state index contributed by atoms with van der Waals surface area (Å²) in [6, 6.07) is 5.79. The van der Waals surface area contributed by atoms with Gasteiger partial charge in [-0.25, -0.2) is 0 Å². The lowest BCUT2D eigenvalue weighted by atomic mass is 10.1. The molecule has 1 N–H and O–H groups in total. The molecule has 21 heavy (non-hydrogen) atoms. The summed E-state index contributed by atoms with van der Waals surface area (Å²) in [5, 5.41) is 8.69. The molecule has 0 radical (unpaired) electrons. The molecule has 5 heteroatoms. The molecule has 0 aliphatic carbocycles. The van der Waals surface area contributed by atoms with Crippen LogP contribution in [0.3, 0.4) is 0 Å². The molecule has 1 aliphatic rings. The van der Waals surface area contributed by atoms with Crippen LogP contribution < -0.4 is 0 Å². The summed E-state index contributed by atoms with van der Waals surface area (Å²) in [6.45, 7) is 7.40. The molecule has 0 saturated carbocycles. The van der Waals surface area contributed by atoms with E-state index in [-0.39, 0.29) is 12.3 Å². The number of nitrogens with zero attached hydrogens (tertiary/aromatic N) is 2. The second kappa shape index (κ2) is 6.72. The first-order chi connectivity index (χ1) is 9.97. The zero-order chi connectivity index (χ0) is 15.4. The number of carbonyl (C=O) groups is 2. The van der Waals surface area contributed by atoms with E-state index in [9.17, 15) is 9.59 Å². The monoisotopic (exact) mass is 290 g/mol. The Hall–Kier alpha value is -1.88. The van der Waals surface area contributed by atoms with Crippen molar-refractivity contribution in [2.45, 2.75) is 20.3 Å². The van der Waals surface area contributed by atoms with Crippen molar-refractivity contribution in [1.29, 1.82) is 0 Å². The van der Waals surface area contributed by atoms with Gasteiger partial charge in [-0.3, -0.25) is 14.5 Å². The number of carbonyl (C=O) groups excluding carboxylic acids is 1. The van der Waals surface area contributed by atoms with E-state index in [0.29, 0.717) is 19.6 Å². The number of amides is 1. The summed E-state index contributed by atoms with van der Waals surface area (Å²) in [5.74, 6) is -0.709. The van der Waals surface area contributed by atoms with Crippen LogP contribution >= 0.6 is 0 Å². The van der Waals surface area contributed by atoms with Crippen LogP contribution in [-0.4, -0.2) is 59.5 Å². The van der Waals surface area contributed by atoms with Gasteiger partial charge in [0.05, 0.1) is 6.42 Å². The maximum Gasteiger partial charge on any atom is 0.304 e. The average molecular weight is 290 g/mol. The molecule has 0 aromatic heterocycles. The summed E-state index contributed by atoms with van der Waals surface area (Å²) < 4.78 is 0. The third-order valence-corrected chi connectivity index (χ3v) is 4.06. The summed E-state index contributed by atoms with van der Waals surface area (Å²) in [7, 11) is 0. The minimum atomic E-state index is -0.774. The average Bonchev–Trinajstić information content (AvgIpc) is 2.48. The van der Waals surface area contributed by atoms with Gasteiger partial charge in [0.2, 0.25) is 0 Å².